The molecule has 30 heavy (non-hydrogen) atoms. The largest absolute Gasteiger partial charge is 0.444 e. The second kappa shape index (κ2) is 10.8. The van der Waals surface area contributed by atoms with E-state index in [1.807, 2.05) is 0 Å². The van der Waals surface area contributed by atoms with Crippen LogP contribution in [0, 0.1) is 0 Å². The minimum absolute atomic E-state index is 0.195. The maximum Gasteiger partial charge on any atom is 0.412 e. The van der Waals surface area contributed by atoms with Gasteiger partial charge in [-0.2, -0.15) is 0 Å². The van der Waals surface area contributed by atoms with Crippen molar-refractivity contribution in [2.24, 2.45) is 0 Å². The molecule has 0 saturated heterocycles. The molecule has 0 heterocycles. The number of amides is 2. The third-order valence-electron chi connectivity index (χ3n) is 4.70. The van der Waals surface area contributed by atoms with Crippen LogP contribution in [-0.4, -0.2) is 30.7 Å². The Morgan fingerprint density at radius 1 is 0.967 bits per heavy atom. The van der Waals surface area contributed by atoms with Crippen molar-refractivity contribution >= 4 is 17.7 Å². The SMILES string of the molecule is CC[NH+](CC)Cc1ccc(CNC(=O)c2cccc(NC(=O)OC(C)(C)C)c2)cc1. The number of benzene rings is 2. The zero-order valence-corrected chi connectivity index (χ0v) is 18.7. The third-order valence-corrected chi connectivity index (χ3v) is 4.70. The van der Waals surface area contributed by atoms with Crippen LogP contribution in [0.3, 0.4) is 0 Å². The quantitative estimate of drug-likeness (QED) is 0.622. The van der Waals surface area contributed by atoms with Gasteiger partial charge in [-0.15, -0.1) is 0 Å². The molecule has 0 aliphatic heterocycles. The molecular weight excluding hydrogens is 378 g/mol. The van der Waals surface area contributed by atoms with Gasteiger partial charge in [0.25, 0.3) is 5.91 Å². The first-order valence-corrected chi connectivity index (χ1v) is 10.5. The summed E-state index contributed by atoms with van der Waals surface area (Å²) in [5.74, 6) is -0.195. The van der Waals surface area contributed by atoms with Crippen molar-refractivity contribution in [3.05, 3.63) is 65.2 Å². The van der Waals surface area contributed by atoms with Gasteiger partial charge in [-0.1, -0.05) is 30.3 Å². The van der Waals surface area contributed by atoms with E-state index in [4.69, 9.17) is 4.74 Å². The predicted octanol–water partition coefficient (Wildman–Crippen LogP) is 3.39. The van der Waals surface area contributed by atoms with E-state index in [1.54, 1.807) is 45.0 Å². The van der Waals surface area contributed by atoms with E-state index in [9.17, 15) is 9.59 Å². The summed E-state index contributed by atoms with van der Waals surface area (Å²) in [7, 11) is 0. The van der Waals surface area contributed by atoms with Crippen LogP contribution < -0.4 is 15.5 Å². The summed E-state index contributed by atoms with van der Waals surface area (Å²) >= 11 is 0. The molecule has 0 unspecified atom stereocenters. The molecule has 162 valence electrons. The Balaban J connectivity index is 1.91. The van der Waals surface area contributed by atoms with Crippen molar-refractivity contribution in [1.29, 1.82) is 0 Å². The number of hydrogen-bond donors (Lipinski definition) is 3. The zero-order valence-electron chi connectivity index (χ0n) is 18.7. The number of hydrogen-bond acceptors (Lipinski definition) is 3. The molecule has 0 atom stereocenters. The third kappa shape index (κ3) is 7.87. The van der Waals surface area contributed by atoms with Crippen molar-refractivity contribution in [3.63, 3.8) is 0 Å². The molecule has 3 N–H and O–H groups in total. The number of carbonyl (C=O) groups is 2. The molecule has 0 saturated carbocycles. The summed E-state index contributed by atoms with van der Waals surface area (Å²) in [4.78, 5) is 26.0. The van der Waals surface area contributed by atoms with Crippen LogP contribution >= 0.6 is 0 Å². The molecular formula is C24H34N3O3+. The molecule has 0 spiro atoms. The van der Waals surface area contributed by atoms with Gasteiger partial charge in [0.2, 0.25) is 0 Å². The van der Waals surface area contributed by atoms with Crippen molar-refractivity contribution in [2.75, 3.05) is 18.4 Å². The minimum atomic E-state index is -0.582. The molecule has 0 bridgehead atoms. The van der Waals surface area contributed by atoms with Crippen LogP contribution in [0.5, 0.6) is 0 Å². The lowest BCUT2D eigenvalue weighted by Crippen LogP contribution is -3.10. The van der Waals surface area contributed by atoms with Crippen molar-refractivity contribution in [3.8, 4) is 0 Å². The Labute approximate surface area is 179 Å². The first-order chi connectivity index (χ1) is 14.2. The van der Waals surface area contributed by atoms with Crippen molar-refractivity contribution in [2.45, 2.75) is 53.3 Å². The number of quaternary nitrogens is 1. The summed E-state index contributed by atoms with van der Waals surface area (Å²) in [5, 5.41) is 5.58. The molecule has 0 aliphatic rings. The average molecular weight is 413 g/mol. The van der Waals surface area contributed by atoms with Gasteiger partial charge in [0.1, 0.15) is 12.1 Å². The number of rotatable bonds is 8. The van der Waals surface area contributed by atoms with E-state index in [0.717, 1.165) is 25.2 Å². The second-order valence-electron chi connectivity index (χ2n) is 8.34. The average Bonchev–Trinajstić information content (AvgIpc) is 2.69. The Kier molecular flexibility index (Phi) is 8.42. The van der Waals surface area contributed by atoms with E-state index in [-0.39, 0.29) is 5.91 Å². The number of nitrogens with one attached hydrogen (secondary N) is 3. The summed E-state index contributed by atoms with van der Waals surface area (Å²) < 4.78 is 5.24. The van der Waals surface area contributed by atoms with Gasteiger partial charge in [0.05, 0.1) is 13.1 Å². The Morgan fingerprint density at radius 3 is 2.20 bits per heavy atom. The highest BCUT2D eigenvalue weighted by molar-refractivity contribution is 5.96. The molecule has 2 rings (SSSR count). The summed E-state index contributed by atoms with van der Waals surface area (Å²) in [6, 6.07) is 15.2. The van der Waals surface area contributed by atoms with Gasteiger partial charge in [-0.3, -0.25) is 10.1 Å². The monoisotopic (exact) mass is 412 g/mol. The van der Waals surface area contributed by atoms with Crippen molar-refractivity contribution in [1.82, 2.24) is 5.32 Å². The second-order valence-corrected chi connectivity index (χ2v) is 8.34. The van der Waals surface area contributed by atoms with Gasteiger partial charge in [-0.05, 0) is 58.4 Å². The fraction of sp³-hybridized carbons (Fsp3) is 0.417. The fourth-order valence-electron chi connectivity index (χ4n) is 3.01. The van der Waals surface area contributed by atoms with Gasteiger partial charge in [0.15, 0.2) is 0 Å². The molecule has 0 aliphatic carbocycles. The molecule has 2 amide bonds. The maximum absolute atomic E-state index is 12.5. The van der Waals surface area contributed by atoms with Gasteiger partial charge in [-0.25, -0.2) is 4.79 Å². The van der Waals surface area contributed by atoms with E-state index in [0.29, 0.717) is 17.8 Å². The summed E-state index contributed by atoms with van der Waals surface area (Å²) in [6.07, 6.45) is -0.549. The molecule has 0 radical (unpaired) electrons. The molecule has 6 nitrogen and oxygen atoms in total. The summed E-state index contributed by atoms with van der Waals surface area (Å²) in [5.41, 5.74) is 2.75. The lowest BCUT2D eigenvalue weighted by atomic mass is 10.1. The smallest absolute Gasteiger partial charge is 0.412 e. The van der Waals surface area contributed by atoms with Crippen molar-refractivity contribution < 1.29 is 19.2 Å². The van der Waals surface area contributed by atoms with Crippen LogP contribution in [0.25, 0.3) is 0 Å². The molecule has 2 aromatic rings. The predicted molar refractivity (Wildman–Crippen MR) is 120 cm³/mol. The van der Waals surface area contributed by atoms with Gasteiger partial charge >= 0.3 is 6.09 Å². The first-order valence-electron chi connectivity index (χ1n) is 10.5. The van der Waals surface area contributed by atoms with Crippen LogP contribution in [0.1, 0.15) is 56.1 Å². The lowest BCUT2D eigenvalue weighted by molar-refractivity contribution is -0.910. The summed E-state index contributed by atoms with van der Waals surface area (Å²) in [6.45, 7) is 13.5. The maximum atomic E-state index is 12.5. The minimum Gasteiger partial charge on any atom is -0.444 e. The van der Waals surface area contributed by atoms with E-state index in [1.165, 1.54) is 10.5 Å². The Bertz CT molecular complexity index is 838. The van der Waals surface area contributed by atoms with Crippen LogP contribution in [-0.2, 0) is 17.8 Å². The molecule has 0 fully saturated rings. The highest BCUT2D eigenvalue weighted by atomic mass is 16.6. The fourth-order valence-corrected chi connectivity index (χ4v) is 3.01. The number of anilines is 1. The Morgan fingerprint density at radius 2 is 1.60 bits per heavy atom. The topological polar surface area (TPSA) is 71.9 Å². The van der Waals surface area contributed by atoms with Crippen LogP contribution in [0.2, 0.25) is 0 Å². The molecule has 0 aromatic heterocycles. The van der Waals surface area contributed by atoms with E-state index >= 15 is 0 Å². The van der Waals surface area contributed by atoms with E-state index < -0.39 is 11.7 Å². The normalized spacial score (nSPS) is 11.3. The molecule has 2 aromatic carbocycles. The number of carbonyl (C=O) groups excluding carboxylic acids is 2. The van der Waals surface area contributed by atoms with Gasteiger partial charge in [0, 0.05) is 23.4 Å². The van der Waals surface area contributed by atoms with E-state index in [2.05, 4.69) is 48.7 Å². The van der Waals surface area contributed by atoms with Crippen LogP contribution in [0.4, 0.5) is 10.5 Å². The first kappa shape index (κ1) is 23.4. The number of ether oxygens (including phenoxy) is 1. The Hall–Kier alpha value is -2.86. The van der Waals surface area contributed by atoms with Gasteiger partial charge < -0.3 is 15.0 Å². The van der Waals surface area contributed by atoms with Crippen LogP contribution in [0.15, 0.2) is 48.5 Å². The molecule has 6 heteroatoms. The zero-order chi connectivity index (χ0) is 22.1. The standard InChI is InChI=1S/C24H33N3O3/c1-6-27(7-2)17-19-13-11-18(12-14-19)16-25-22(28)20-9-8-10-21(15-20)26-23(29)30-24(3,4)5/h8-15H,6-7,16-17H2,1-5H3,(H,25,28)(H,26,29)/p+1. The highest BCUT2D eigenvalue weighted by Gasteiger charge is 2.16. The lowest BCUT2D eigenvalue weighted by Gasteiger charge is -2.19. The highest BCUT2D eigenvalue weighted by Crippen LogP contribution is 2.14.